The fourth-order valence-electron chi connectivity index (χ4n) is 3.58. The Kier molecular flexibility index (Phi) is 11.0. The minimum atomic E-state index is -3.39. The molecule has 1 amide bonds. The highest BCUT2D eigenvalue weighted by molar-refractivity contribution is 7.90. The Bertz CT molecular complexity index is 1480. The van der Waals surface area contributed by atoms with E-state index in [9.17, 15) is 17.8 Å². The van der Waals surface area contributed by atoms with Crippen LogP contribution in [0.15, 0.2) is 59.8 Å². The van der Waals surface area contributed by atoms with Gasteiger partial charge in [-0.05, 0) is 57.2 Å². The number of methoxy groups -OCH3 is 1. The molecule has 0 saturated heterocycles. The second kappa shape index (κ2) is 14.0. The van der Waals surface area contributed by atoms with Crippen LogP contribution in [0, 0.1) is 0 Å². The van der Waals surface area contributed by atoms with Gasteiger partial charge in [-0.1, -0.05) is 0 Å². The van der Waals surface area contributed by atoms with Crippen molar-refractivity contribution in [3.63, 3.8) is 0 Å². The summed E-state index contributed by atoms with van der Waals surface area (Å²) in [6, 6.07) is 10.6. The van der Waals surface area contributed by atoms with Crippen LogP contribution in [0.3, 0.4) is 0 Å². The maximum absolute atomic E-state index is 13.2. The molecule has 222 valence electrons. The minimum absolute atomic E-state index is 0.0756. The van der Waals surface area contributed by atoms with E-state index in [2.05, 4.69) is 15.3 Å². The second-order valence-corrected chi connectivity index (χ2v) is 13.5. The maximum Gasteiger partial charge on any atom is 0.336 e. The molecule has 0 aliphatic rings. The summed E-state index contributed by atoms with van der Waals surface area (Å²) in [5, 5.41) is 2.67. The first kappa shape index (κ1) is 32.2. The number of amides is 1. The summed E-state index contributed by atoms with van der Waals surface area (Å²) < 4.78 is 63.7. The number of carbonyl (C=O) groups is 1. The average molecular weight is 608 g/mol. The molecule has 12 nitrogen and oxygen atoms in total. The van der Waals surface area contributed by atoms with E-state index in [0.29, 0.717) is 23.8 Å². The summed E-state index contributed by atoms with van der Waals surface area (Å²) in [7, 11) is -3.90. The summed E-state index contributed by atoms with van der Waals surface area (Å²) in [4.78, 5) is 21.7. The van der Waals surface area contributed by atoms with Gasteiger partial charge in [0.05, 0.1) is 41.9 Å². The predicted octanol–water partition coefficient (Wildman–Crippen LogP) is 5.10. The molecule has 2 aromatic carbocycles. The minimum Gasteiger partial charge on any atom is -0.488 e. The van der Waals surface area contributed by atoms with E-state index in [1.165, 1.54) is 49.8 Å². The SMILES string of the molecule is COC[C@H](C)Oc1cc(Oc2ccc(S(C)(=O)=O)cc2)cc(C(=O)Nc2cnc(CP(=O)(OC)OC(C)C)cn2)c1. The number of nitrogens with zero attached hydrogens (tertiary/aromatic N) is 2. The highest BCUT2D eigenvalue weighted by atomic mass is 32.2. The first-order chi connectivity index (χ1) is 19.3. The number of rotatable bonds is 14. The van der Waals surface area contributed by atoms with Crippen molar-refractivity contribution in [1.82, 2.24) is 9.97 Å². The Morgan fingerprint density at radius 2 is 1.66 bits per heavy atom. The molecule has 0 fully saturated rings. The smallest absolute Gasteiger partial charge is 0.336 e. The van der Waals surface area contributed by atoms with E-state index in [1.54, 1.807) is 33.1 Å². The fraction of sp³-hybridized carbons (Fsp3) is 0.370. The lowest BCUT2D eigenvalue weighted by atomic mass is 10.2. The molecule has 41 heavy (non-hydrogen) atoms. The number of anilines is 1. The van der Waals surface area contributed by atoms with Crippen LogP contribution in [-0.4, -0.2) is 63.6 Å². The molecule has 3 aromatic rings. The number of hydrogen-bond acceptors (Lipinski definition) is 11. The predicted molar refractivity (Wildman–Crippen MR) is 153 cm³/mol. The van der Waals surface area contributed by atoms with Crippen molar-refractivity contribution in [2.75, 3.05) is 32.4 Å². The van der Waals surface area contributed by atoms with E-state index in [4.69, 9.17) is 23.3 Å². The maximum atomic E-state index is 13.2. The normalized spacial score (nSPS) is 13.8. The summed E-state index contributed by atoms with van der Waals surface area (Å²) in [5.74, 6) is 0.647. The van der Waals surface area contributed by atoms with Crippen LogP contribution in [0.4, 0.5) is 5.82 Å². The fourth-order valence-corrected chi connectivity index (χ4v) is 5.70. The lowest BCUT2D eigenvalue weighted by molar-refractivity contribution is 0.0915. The number of sulfone groups is 1. The summed E-state index contributed by atoms with van der Waals surface area (Å²) in [5.41, 5.74) is 0.573. The molecule has 0 aliphatic heterocycles. The van der Waals surface area contributed by atoms with Gasteiger partial charge in [0.15, 0.2) is 15.7 Å². The molecular weight excluding hydrogens is 573 g/mol. The van der Waals surface area contributed by atoms with Crippen molar-refractivity contribution < 1.29 is 41.0 Å². The van der Waals surface area contributed by atoms with Crippen LogP contribution in [0.5, 0.6) is 17.2 Å². The third kappa shape index (κ3) is 9.91. The standard InChI is InChI=1S/C27H34N3O9PS/c1-18(2)39-40(32,36-5)17-21-14-29-26(15-28-21)30-27(31)20-11-23(37-19(3)16-35-4)13-24(12-20)38-22-7-9-25(10-8-22)41(6,33)34/h7-15,18-19H,16-17H2,1-6H3,(H,29,30,31)/t19-,40?/m0/s1. The Morgan fingerprint density at radius 1 is 0.976 bits per heavy atom. The Labute approximate surface area is 239 Å². The molecule has 0 radical (unpaired) electrons. The highest BCUT2D eigenvalue weighted by Crippen LogP contribution is 2.51. The third-order valence-corrected chi connectivity index (χ3v) is 8.46. The van der Waals surface area contributed by atoms with E-state index < -0.39 is 23.3 Å². The van der Waals surface area contributed by atoms with E-state index >= 15 is 0 Å². The Morgan fingerprint density at radius 3 is 2.22 bits per heavy atom. The van der Waals surface area contributed by atoms with Gasteiger partial charge in [0.1, 0.15) is 23.4 Å². The van der Waals surface area contributed by atoms with Crippen LogP contribution < -0.4 is 14.8 Å². The molecule has 3 rings (SSSR count). The third-order valence-electron chi connectivity index (χ3n) is 5.32. The van der Waals surface area contributed by atoms with Gasteiger partial charge in [-0.25, -0.2) is 13.4 Å². The molecule has 0 saturated carbocycles. The summed E-state index contributed by atoms with van der Waals surface area (Å²) in [6.07, 6.45) is 3.14. The second-order valence-electron chi connectivity index (χ2n) is 9.38. The van der Waals surface area contributed by atoms with E-state index in [-0.39, 0.29) is 40.4 Å². The van der Waals surface area contributed by atoms with Gasteiger partial charge in [0.2, 0.25) is 0 Å². The van der Waals surface area contributed by atoms with Gasteiger partial charge < -0.3 is 28.6 Å². The van der Waals surface area contributed by atoms with Gasteiger partial charge in [-0.15, -0.1) is 0 Å². The zero-order valence-electron chi connectivity index (χ0n) is 23.7. The van der Waals surface area contributed by atoms with Crippen molar-refractivity contribution >= 4 is 29.2 Å². The zero-order chi connectivity index (χ0) is 30.2. The quantitative estimate of drug-likeness (QED) is 0.244. The lowest BCUT2D eigenvalue weighted by Gasteiger charge is -2.18. The van der Waals surface area contributed by atoms with Gasteiger partial charge >= 0.3 is 7.60 Å². The molecule has 14 heteroatoms. The van der Waals surface area contributed by atoms with Crippen molar-refractivity contribution in [2.24, 2.45) is 0 Å². The average Bonchev–Trinajstić information content (AvgIpc) is 2.89. The zero-order valence-corrected chi connectivity index (χ0v) is 25.4. The first-order valence-electron chi connectivity index (χ1n) is 12.5. The van der Waals surface area contributed by atoms with Crippen molar-refractivity contribution in [2.45, 2.75) is 44.0 Å². The number of aromatic nitrogens is 2. The van der Waals surface area contributed by atoms with Crippen molar-refractivity contribution in [3.8, 4) is 17.2 Å². The van der Waals surface area contributed by atoms with Crippen molar-refractivity contribution in [1.29, 1.82) is 0 Å². The molecule has 1 unspecified atom stereocenters. The van der Waals surface area contributed by atoms with Gasteiger partial charge in [-0.3, -0.25) is 14.3 Å². The number of hydrogen-bond donors (Lipinski definition) is 1. The van der Waals surface area contributed by atoms with Gasteiger partial charge in [0, 0.05) is 32.1 Å². The summed E-state index contributed by atoms with van der Waals surface area (Å²) >= 11 is 0. The number of nitrogens with one attached hydrogen (secondary N) is 1. The van der Waals surface area contributed by atoms with Crippen LogP contribution in [0.25, 0.3) is 0 Å². The largest absolute Gasteiger partial charge is 0.488 e. The van der Waals surface area contributed by atoms with E-state index in [1.807, 2.05) is 6.92 Å². The van der Waals surface area contributed by atoms with Gasteiger partial charge in [-0.2, -0.15) is 0 Å². The van der Waals surface area contributed by atoms with Crippen molar-refractivity contribution in [3.05, 3.63) is 66.1 Å². The van der Waals surface area contributed by atoms with Crippen LogP contribution >= 0.6 is 7.60 Å². The topological polar surface area (TPSA) is 152 Å². The van der Waals surface area contributed by atoms with Gasteiger partial charge in [0.25, 0.3) is 5.91 Å². The molecule has 0 bridgehead atoms. The summed E-state index contributed by atoms with van der Waals surface area (Å²) in [6.45, 7) is 5.63. The Hall–Kier alpha value is -3.35. The number of carbonyl (C=O) groups excluding carboxylic acids is 1. The molecular formula is C27H34N3O9PS. The lowest BCUT2D eigenvalue weighted by Crippen LogP contribution is -2.19. The molecule has 0 spiro atoms. The molecule has 2 atom stereocenters. The highest BCUT2D eigenvalue weighted by Gasteiger charge is 2.26. The van der Waals surface area contributed by atoms with Crippen LogP contribution in [0.2, 0.25) is 0 Å². The first-order valence-corrected chi connectivity index (χ1v) is 16.2. The molecule has 1 aromatic heterocycles. The van der Waals surface area contributed by atoms with Crippen LogP contribution in [0.1, 0.15) is 36.8 Å². The molecule has 1 heterocycles. The monoisotopic (exact) mass is 607 g/mol. The molecule has 0 aliphatic carbocycles. The number of benzene rings is 2. The van der Waals surface area contributed by atoms with E-state index in [0.717, 1.165) is 6.26 Å². The number of ether oxygens (including phenoxy) is 3. The van der Waals surface area contributed by atoms with Crippen LogP contribution in [-0.2, 0) is 34.3 Å². The Balaban J connectivity index is 1.81. The molecule has 1 N–H and O–H groups in total.